The summed E-state index contributed by atoms with van der Waals surface area (Å²) in [5.74, 6) is -1.14. The van der Waals surface area contributed by atoms with Crippen LogP contribution in [0, 0.1) is 0 Å². The summed E-state index contributed by atoms with van der Waals surface area (Å²) in [5.41, 5.74) is 0. The molecule has 0 radical (unpaired) electrons. The lowest BCUT2D eigenvalue weighted by molar-refractivity contribution is -0.155. The largest absolute Gasteiger partial charge is 0.454 e. The number of nitrogens with zero attached hydrogens (tertiary/aromatic N) is 1. The van der Waals surface area contributed by atoms with Gasteiger partial charge in [-0.25, -0.2) is 8.42 Å². The molecule has 27 heavy (non-hydrogen) atoms. The van der Waals surface area contributed by atoms with Crippen LogP contribution in [-0.4, -0.2) is 48.6 Å². The molecule has 0 N–H and O–H groups in total. The van der Waals surface area contributed by atoms with Gasteiger partial charge in [0.25, 0.3) is 5.91 Å². The predicted molar refractivity (Wildman–Crippen MR) is 103 cm³/mol. The average Bonchev–Trinajstić information content (AvgIpc) is 3.11. The SMILES string of the molecule is CC(C)N(C(=O)COC(=O)C1(S(=O)(=O)c2ccccc2)CCCC1)C(C)C. The van der Waals surface area contributed by atoms with Gasteiger partial charge in [0.05, 0.1) is 4.90 Å². The molecule has 2 rings (SSSR count). The van der Waals surface area contributed by atoms with Crippen LogP contribution < -0.4 is 0 Å². The van der Waals surface area contributed by atoms with Crippen molar-refractivity contribution in [2.75, 3.05) is 6.61 Å². The van der Waals surface area contributed by atoms with Crippen molar-refractivity contribution in [1.82, 2.24) is 4.90 Å². The van der Waals surface area contributed by atoms with E-state index in [9.17, 15) is 18.0 Å². The highest BCUT2D eigenvalue weighted by Crippen LogP contribution is 2.41. The molecule has 1 aromatic rings. The fourth-order valence-electron chi connectivity index (χ4n) is 3.86. The number of sulfone groups is 1. The third kappa shape index (κ3) is 4.18. The van der Waals surface area contributed by atoms with Gasteiger partial charge in [-0.15, -0.1) is 0 Å². The summed E-state index contributed by atoms with van der Waals surface area (Å²) in [6.07, 6.45) is 1.71. The molecule has 1 fully saturated rings. The van der Waals surface area contributed by atoms with E-state index in [2.05, 4.69) is 0 Å². The van der Waals surface area contributed by atoms with Crippen LogP contribution in [0.5, 0.6) is 0 Å². The monoisotopic (exact) mass is 395 g/mol. The minimum Gasteiger partial charge on any atom is -0.454 e. The van der Waals surface area contributed by atoms with Crippen LogP contribution in [0.15, 0.2) is 35.2 Å². The highest BCUT2D eigenvalue weighted by Gasteiger charge is 2.54. The Morgan fingerprint density at radius 2 is 1.56 bits per heavy atom. The van der Waals surface area contributed by atoms with Crippen LogP contribution >= 0.6 is 0 Å². The molecule has 1 aliphatic rings. The summed E-state index contributed by atoms with van der Waals surface area (Å²) in [6.45, 7) is 7.10. The molecule has 1 aromatic carbocycles. The maximum atomic E-state index is 13.2. The van der Waals surface area contributed by atoms with E-state index in [-0.39, 0.29) is 35.7 Å². The highest BCUT2D eigenvalue weighted by atomic mass is 32.2. The second kappa shape index (κ2) is 8.42. The number of carbonyl (C=O) groups is 2. The normalized spacial score (nSPS) is 16.5. The van der Waals surface area contributed by atoms with Gasteiger partial charge in [0.15, 0.2) is 21.2 Å². The molecule has 0 heterocycles. The van der Waals surface area contributed by atoms with E-state index in [0.29, 0.717) is 12.8 Å². The molecule has 0 atom stereocenters. The first-order chi connectivity index (χ1) is 12.6. The molecule has 0 spiro atoms. The van der Waals surface area contributed by atoms with E-state index in [0.717, 1.165) is 0 Å². The molecule has 7 heteroatoms. The van der Waals surface area contributed by atoms with Crippen molar-refractivity contribution < 1.29 is 22.7 Å². The maximum Gasteiger partial charge on any atom is 0.328 e. The van der Waals surface area contributed by atoms with Crippen molar-refractivity contribution >= 4 is 21.7 Å². The zero-order valence-corrected chi connectivity index (χ0v) is 17.3. The standard InChI is InChI=1S/C20H29NO5S/c1-15(2)21(16(3)4)18(22)14-26-19(23)20(12-8-9-13-20)27(24,25)17-10-6-5-7-11-17/h5-7,10-11,15-16H,8-9,12-14H2,1-4H3. The smallest absolute Gasteiger partial charge is 0.328 e. The lowest BCUT2D eigenvalue weighted by atomic mass is 10.1. The number of benzene rings is 1. The second-order valence-corrected chi connectivity index (χ2v) is 9.84. The van der Waals surface area contributed by atoms with Gasteiger partial charge >= 0.3 is 5.97 Å². The Morgan fingerprint density at radius 1 is 1.04 bits per heavy atom. The molecule has 1 saturated carbocycles. The molecule has 0 aromatic heterocycles. The number of hydrogen-bond donors (Lipinski definition) is 0. The lowest BCUT2D eigenvalue weighted by Gasteiger charge is -2.31. The van der Waals surface area contributed by atoms with Crippen LogP contribution in [0.3, 0.4) is 0 Å². The van der Waals surface area contributed by atoms with E-state index in [1.54, 1.807) is 23.1 Å². The zero-order valence-electron chi connectivity index (χ0n) is 16.5. The summed E-state index contributed by atoms with van der Waals surface area (Å²) in [7, 11) is -3.90. The van der Waals surface area contributed by atoms with Gasteiger partial charge in [-0.2, -0.15) is 0 Å². The summed E-state index contributed by atoms with van der Waals surface area (Å²) >= 11 is 0. The van der Waals surface area contributed by atoms with Crippen molar-refractivity contribution in [3.05, 3.63) is 30.3 Å². The van der Waals surface area contributed by atoms with Gasteiger partial charge in [0, 0.05) is 12.1 Å². The minimum atomic E-state index is -3.90. The molecule has 0 aliphatic heterocycles. The molecule has 0 unspecified atom stereocenters. The number of carbonyl (C=O) groups excluding carboxylic acids is 2. The molecule has 1 amide bonds. The summed E-state index contributed by atoms with van der Waals surface area (Å²) in [4.78, 5) is 27.1. The fourth-order valence-corrected chi connectivity index (χ4v) is 5.93. The van der Waals surface area contributed by atoms with Gasteiger partial charge in [0.1, 0.15) is 0 Å². The first-order valence-corrected chi connectivity index (χ1v) is 10.9. The predicted octanol–water partition coefficient (Wildman–Crippen LogP) is 2.96. The summed E-state index contributed by atoms with van der Waals surface area (Å²) in [5, 5.41) is 0. The topological polar surface area (TPSA) is 80.8 Å². The van der Waals surface area contributed by atoms with Gasteiger partial charge in [-0.3, -0.25) is 9.59 Å². The maximum absolute atomic E-state index is 13.2. The molecule has 0 bridgehead atoms. The van der Waals surface area contributed by atoms with Crippen molar-refractivity contribution in [2.24, 2.45) is 0 Å². The van der Waals surface area contributed by atoms with Crippen LogP contribution in [0.1, 0.15) is 53.4 Å². The lowest BCUT2D eigenvalue weighted by Crippen LogP contribution is -2.48. The van der Waals surface area contributed by atoms with Gasteiger partial charge < -0.3 is 9.64 Å². The molecule has 0 saturated heterocycles. The average molecular weight is 396 g/mol. The molecular formula is C20H29NO5S. The Bertz CT molecular complexity index is 757. The number of ether oxygens (including phenoxy) is 1. The van der Waals surface area contributed by atoms with Crippen LogP contribution in [0.2, 0.25) is 0 Å². The Kier molecular flexibility index (Phi) is 6.68. The molecule has 150 valence electrons. The highest BCUT2D eigenvalue weighted by molar-refractivity contribution is 7.93. The van der Waals surface area contributed by atoms with Gasteiger partial charge in [0.2, 0.25) is 0 Å². The fraction of sp³-hybridized carbons (Fsp3) is 0.600. The Balaban J connectivity index is 2.22. The Labute approximate surface area is 161 Å². The van der Waals surface area contributed by atoms with Crippen LogP contribution in [0.4, 0.5) is 0 Å². The van der Waals surface area contributed by atoms with Crippen molar-refractivity contribution in [3.63, 3.8) is 0 Å². The van der Waals surface area contributed by atoms with Crippen molar-refractivity contribution in [2.45, 2.75) is 75.1 Å². The van der Waals surface area contributed by atoms with E-state index in [1.165, 1.54) is 12.1 Å². The summed E-state index contributed by atoms with van der Waals surface area (Å²) in [6, 6.07) is 7.90. The van der Waals surface area contributed by atoms with E-state index in [1.807, 2.05) is 27.7 Å². The third-order valence-electron chi connectivity index (χ3n) is 5.08. The molecule has 6 nitrogen and oxygen atoms in total. The van der Waals surface area contributed by atoms with Crippen molar-refractivity contribution in [3.8, 4) is 0 Å². The zero-order chi connectivity index (χ0) is 20.2. The molecule has 1 aliphatic carbocycles. The number of hydrogen-bond acceptors (Lipinski definition) is 5. The summed E-state index contributed by atoms with van der Waals surface area (Å²) < 4.78 is 30.1. The quantitative estimate of drug-likeness (QED) is 0.663. The van der Waals surface area contributed by atoms with Crippen LogP contribution in [-0.2, 0) is 24.2 Å². The van der Waals surface area contributed by atoms with Crippen LogP contribution in [0.25, 0.3) is 0 Å². The first-order valence-electron chi connectivity index (χ1n) is 9.41. The first kappa shape index (κ1) is 21.4. The van der Waals surface area contributed by atoms with Gasteiger partial charge in [-0.1, -0.05) is 31.0 Å². The minimum absolute atomic E-state index is 0.0373. The van der Waals surface area contributed by atoms with Gasteiger partial charge in [-0.05, 0) is 52.7 Å². The number of esters is 1. The van der Waals surface area contributed by atoms with Crippen molar-refractivity contribution in [1.29, 1.82) is 0 Å². The Hall–Kier alpha value is -1.89. The number of rotatable bonds is 7. The van der Waals surface area contributed by atoms with E-state index < -0.39 is 27.2 Å². The van der Waals surface area contributed by atoms with E-state index >= 15 is 0 Å². The Morgan fingerprint density at radius 3 is 2.04 bits per heavy atom. The third-order valence-corrected chi connectivity index (χ3v) is 7.58. The van der Waals surface area contributed by atoms with E-state index in [4.69, 9.17) is 4.74 Å². The molecular weight excluding hydrogens is 366 g/mol. The number of amides is 1. The second-order valence-electron chi connectivity index (χ2n) is 7.58.